The minimum atomic E-state index is -1.65. The van der Waals surface area contributed by atoms with Gasteiger partial charge in [-0.15, -0.1) is 0 Å². The van der Waals surface area contributed by atoms with Crippen LogP contribution in [-0.2, 0) is 0 Å². The number of non-ortho nitro benzene ring substituents is 1. The summed E-state index contributed by atoms with van der Waals surface area (Å²) in [6.45, 7) is 19.1. The molecule has 1 aliphatic rings. The molecule has 162 valence electrons. The molecule has 0 N–H and O–H groups in total. The van der Waals surface area contributed by atoms with E-state index in [0.717, 1.165) is 12.1 Å². The van der Waals surface area contributed by atoms with Gasteiger partial charge in [0.1, 0.15) is 0 Å². The number of nitrogens with zero attached hydrogens (tertiary/aromatic N) is 2. The average Bonchev–Trinajstić information content (AvgIpc) is 2.93. The maximum absolute atomic E-state index is 11.2. The fraction of sp³-hybridized carbons (Fsp3) is 0.520. The number of anilines is 1. The van der Waals surface area contributed by atoms with Crippen LogP contribution in [0.25, 0.3) is 0 Å². The van der Waals surface area contributed by atoms with E-state index in [0.29, 0.717) is 5.54 Å². The van der Waals surface area contributed by atoms with Crippen molar-refractivity contribution in [3.8, 4) is 0 Å². The van der Waals surface area contributed by atoms with Gasteiger partial charge in [0, 0.05) is 23.4 Å². The Balaban J connectivity index is 2.13. The van der Waals surface area contributed by atoms with E-state index in [1.54, 1.807) is 12.1 Å². The zero-order valence-electron chi connectivity index (χ0n) is 19.7. The second-order valence-electron chi connectivity index (χ2n) is 11.0. The molecule has 4 nitrogen and oxygen atoms in total. The Morgan fingerprint density at radius 2 is 1.57 bits per heavy atom. The summed E-state index contributed by atoms with van der Waals surface area (Å²) < 4.78 is 0. The van der Waals surface area contributed by atoms with E-state index in [2.05, 4.69) is 83.8 Å². The summed E-state index contributed by atoms with van der Waals surface area (Å²) in [6, 6.07) is 16.3. The Kier molecular flexibility index (Phi) is 5.65. The van der Waals surface area contributed by atoms with Crippen molar-refractivity contribution in [1.82, 2.24) is 0 Å². The van der Waals surface area contributed by atoms with E-state index >= 15 is 0 Å². The first-order valence-electron chi connectivity index (χ1n) is 10.9. The summed E-state index contributed by atoms with van der Waals surface area (Å²) in [4.78, 5) is 13.4. The summed E-state index contributed by atoms with van der Waals surface area (Å²) in [5.41, 5.74) is 4.34. The second kappa shape index (κ2) is 7.52. The number of aryl methyl sites for hydroxylation is 1. The second-order valence-corrected chi connectivity index (χ2v) is 16.6. The molecule has 0 aliphatic carbocycles. The molecule has 0 radical (unpaired) electrons. The van der Waals surface area contributed by atoms with Crippen LogP contribution in [0.3, 0.4) is 0 Å². The molecule has 0 saturated carbocycles. The van der Waals surface area contributed by atoms with Crippen LogP contribution < -0.4 is 4.90 Å². The lowest BCUT2D eigenvalue weighted by Gasteiger charge is -2.49. The fourth-order valence-corrected chi connectivity index (χ4v) is 8.97. The summed E-state index contributed by atoms with van der Waals surface area (Å²) in [7, 11) is -1.65. The van der Waals surface area contributed by atoms with Crippen molar-refractivity contribution in [2.45, 2.75) is 83.2 Å². The van der Waals surface area contributed by atoms with Gasteiger partial charge in [0.15, 0.2) is 0 Å². The smallest absolute Gasteiger partial charge is 0.269 e. The summed E-state index contributed by atoms with van der Waals surface area (Å²) in [5.74, 6) is 0. The van der Waals surface area contributed by atoms with Gasteiger partial charge in [-0.2, -0.15) is 0 Å². The van der Waals surface area contributed by atoms with Crippen molar-refractivity contribution in [2.24, 2.45) is 0 Å². The molecule has 1 saturated heterocycles. The number of hydrogen-bond donors (Lipinski definition) is 0. The number of nitro benzene ring substituents is 1. The fourth-order valence-electron chi connectivity index (χ4n) is 5.21. The van der Waals surface area contributed by atoms with E-state index in [-0.39, 0.29) is 27.2 Å². The number of benzene rings is 2. The van der Waals surface area contributed by atoms with E-state index in [1.165, 1.54) is 11.1 Å². The first-order valence-corrected chi connectivity index (χ1v) is 13.9. The zero-order valence-corrected chi connectivity index (χ0v) is 20.7. The summed E-state index contributed by atoms with van der Waals surface area (Å²) >= 11 is 0. The van der Waals surface area contributed by atoms with Gasteiger partial charge >= 0.3 is 0 Å². The van der Waals surface area contributed by atoms with Crippen LogP contribution in [0.15, 0.2) is 48.5 Å². The number of rotatable bonds is 4. The summed E-state index contributed by atoms with van der Waals surface area (Å²) in [6.07, 6.45) is 1.11. The molecule has 1 heterocycles. The largest absolute Gasteiger partial charge is 0.359 e. The molecule has 0 spiro atoms. The molecule has 0 amide bonds. The predicted octanol–water partition coefficient (Wildman–Crippen LogP) is 7.51. The molecular weight excluding hydrogens is 388 g/mol. The SMILES string of the molecule is Cc1ccc(C2CC([Si](C)(C)C(C)(C)C)C(C)(C)N2c2ccc([N+](=O)[O-])cc2)cc1. The third kappa shape index (κ3) is 3.80. The van der Waals surface area contributed by atoms with Gasteiger partial charge in [-0.05, 0) is 55.5 Å². The molecular formula is C25H36N2O2Si. The van der Waals surface area contributed by atoms with Crippen molar-refractivity contribution in [2.75, 3.05) is 4.90 Å². The zero-order chi connectivity index (χ0) is 22.5. The van der Waals surface area contributed by atoms with Crippen molar-refractivity contribution in [1.29, 1.82) is 0 Å². The highest BCUT2D eigenvalue weighted by Crippen LogP contribution is 2.60. The van der Waals surface area contributed by atoms with E-state index < -0.39 is 8.07 Å². The van der Waals surface area contributed by atoms with Crippen LogP contribution in [-0.4, -0.2) is 18.5 Å². The average molecular weight is 425 g/mol. The van der Waals surface area contributed by atoms with Gasteiger partial charge in [-0.3, -0.25) is 10.1 Å². The van der Waals surface area contributed by atoms with Gasteiger partial charge in [0.05, 0.1) is 19.0 Å². The Bertz CT molecular complexity index is 912. The van der Waals surface area contributed by atoms with Crippen LogP contribution in [0.1, 0.15) is 58.2 Å². The van der Waals surface area contributed by atoms with Crippen molar-refractivity contribution in [3.63, 3.8) is 0 Å². The van der Waals surface area contributed by atoms with Crippen LogP contribution in [0.4, 0.5) is 11.4 Å². The Morgan fingerprint density at radius 1 is 1.03 bits per heavy atom. The highest BCUT2D eigenvalue weighted by Gasteiger charge is 2.56. The quantitative estimate of drug-likeness (QED) is 0.290. The van der Waals surface area contributed by atoms with Crippen LogP contribution >= 0.6 is 0 Å². The van der Waals surface area contributed by atoms with Gasteiger partial charge in [0.2, 0.25) is 0 Å². The minimum absolute atomic E-state index is 0.0469. The molecule has 2 unspecified atom stereocenters. The Hall–Kier alpha value is -2.14. The standard InChI is InChI=1S/C25H36N2O2Si/c1-18-9-11-19(12-10-18)22-17-23(30(7,8)24(2,3)4)25(5,6)26(22)20-13-15-21(16-14-20)27(28)29/h9-16,22-23H,17H2,1-8H3. The lowest BCUT2D eigenvalue weighted by molar-refractivity contribution is -0.384. The van der Waals surface area contributed by atoms with Crippen LogP contribution in [0.5, 0.6) is 0 Å². The van der Waals surface area contributed by atoms with Gasteiger partial charge in [-0.25, -0.2) is 0 Å². The van der Waals surface area contributed by atoms with E-state index in [4.69, 9.17) is 0 Å². The van der Waals surface area contributed by atoms with Gasteiger partial charge in [-0.1, -0.05) is 63.7 Å². The van der Waals surface area contributed by atoms with E-state index in [9.17, 15) is 10.1 Å². The van der Waals surface area contributed by atoms with Crippen molar-refractivity contribution < 1.29 is 4.92 Å². The maximum atomic E-state index is 11.2. The molecule has 5 heteroatoms. The highest BCUT2D eigenvalue weighted by atomic mass is 28.3. The molecule has 2 atom stereocenters. The maximum Gasteiger partial charge on any atom is 0.269 e. The normalized spacial score (nSPS) is 21.7. The number of hydrogen-bond acceptors (Lipinski definition) is 3. The molecule has 0 bridgehead atoms. The third-order valence-corrected chi connectivity index (χ3v) is 14.4. The first-order chi connectivity index (χ1) is 13.8. The molecule has 3 rings (SSSR count). The molecule has 30 heavy (non-hydrogen) atoms. The molecule has 1 fully saturated rings. The van der Waals surface area contributed by atoms with E-state index in [1.807, 2.05) is 12.1 Å². The Morgan fingerprint density at radius 3 is 2.03 bits per heavy atom. The lowest BCUT2D eigenvalue weighted by Crippen LogP contribution is -2.52. The lowest BCUT2D eigenvalue weighted by atomic mass is 10.0. The Labute approximate surface area is 182 Å². The molecule has 1 aliphatic heterocycles. The monoisotopic (exact) mass is 424 g/mol. The van der Waals surface area contributed by atoms with Crippen molar-refractivity contribution >= 4 is 19.4 Å². The highest BCUT2D eigenvalue weighted by molar-refractivity contribution is 6.81. The van der Waals surface area contributed by atoms with Crippen LogP contribution in [0, 0.1) is 17.0 Å². The van der Waals surface area contributed by atoms with Crippen molar-refractivity contribution in [3.05, 3.63) is 69.8 Å². The topological polar surface area (TPSA) is 46.4 Å². The molecule has 0 aromatic heterocycles. The summed E-state index contributed by atoms with van der Waals surface area (Å²) in [5, 5.41) is 11.5. The predicted molar refractivity (Wildman–Crippen MR) is 129 cm³/mol. The van der Waals surface area contributed by atoms with Gasteiger partial charge in [0.25, 0.3) is 5.69 Å². The van der Waals surface area contributed by atoms with Gasteiger partial charge < -0.3 is 4.90 Å². The minimum Gasteiger partial charge on any atom is -0.359 e. The third-order valence-electron chi connectivity index (χ3n) is 7.85. The number of nitro groups is 1. The van der Waals surface area contributed by atoms with Crippen LogP contribution in [0.2, 0.25) is 23.7 Å². The molecule has 2 aromatic rings. The first kappa shape index (κ1) is 22.5. The molecule has 2 aromatic carbocycles.